The highest BCUT2D eigenvalue weighted by atomic mass is 32.1. The second kappa shape index (κ2) is 4.21. The van der Waals surface area contributed by atoms with Crippen LogP contribution in [0, 0.1) is 6.92 Å². The lowest BCUT2D eigenvalue weighted by Crippen LogP contribution is -2.10. The Bertz CT molecular complexity index is 444. The highest BCUT2D eigenvalue weighted by molar-refractivity contribution is 7.10. The Kier molecular flexibility index (Phi) is 2.93. The molecule has 1 atom stereocenters. The van der Waals surface area contributed by atoms with E-state index in [1.165, 1.54) is 4.88 Å². The molecule has 0 saturated heterocycles. The van der Waals surface area contributed by atoms with Crippen LogP contribution < -0.4 is 5.73 Å². The summed E-state index contributed by atoms with van der Waals surface area (Å²) in [5.41, 5.74) is 7.31. The SMILES string of the molecule is CCc1ccc(C(N)c2ccsc2C)o1. The summed E-state index contributed by atoms with van der Waals surface area (Å²) in [6.45, 7) is 4.16. The lowest BCUT2D eigenvalue weighted by atomic mass is 10.1. The molecule has 2 rings (SSSR count). The molecule has 3 heteroatoms. The molecule has 1 unspecified atom stereocenters. The molecule has 0 aromatic carbocycles. The van der Waals surface area contributed by atoms with Crippen molar-refractivity contribution in [3.63, 3.8) is 0 Å². The monoisotopic (exact) mass is 221 g/mol. The Hall–Kier alpha value is -1.06. The van der Waals surface area contributed by atoms with Crippen molar-refractivity contribution < 1.29 is 4.42 Å². The average molecular weight is 221 g/mol. The van der Waals surface area contributed by atoms with Crippen molar-refractivity contribution in [3.8, 4) is 0 Å². The van der Waals surface area contributed by atoms with Crippen molar-refractivity contribution in [1.29, 1.82) is 0 Å². The van der Waals surface area contributed by atoms with E-state index in [1.54, 1.807) is 11.3 Å². The van der Waals surface area contributed by atoms with Gasteiger partial charge in [0, 0.05) is 11.3 Å². The third-order valence-corrected chi connectivity index (χ3v) is 3.43. The minimum atomic E-state index is -0.128. The number of thiophene rings is 1. The van der Waals surface area contributed by atoms with Crippen molar-refractivity contribution in [2.45, 2.75) is 26.3 Å². The fraction of sp³-hybridized carbons (Fsp3) is 0.333. The molecule has 0 amide bonds. The van der Waals surface area contributed by atoms with Crippen molar-refractivity contribution >= 4 is 11.3 Å². The maximum absolute atomic E-state index is 6.14. The summed E-state index contributed by atoms with van der Waals surface area (Å²) >= 11 is 1.72. The molecule has 0 fully saturated rings. The molecule has 0 aliphatic heterocycles. The smallest absolute Gasteiger partial charge is 0.125 e. The van der Waals surface area contributed by atoms with Gasteiger partial charge in [0.2, 0.25) is 0 Å². The van der Waals surface area contributed by atoms with Crippen molar-refractivity contribution in [2.24, 2.45) is 5.73 Å². The van der Waals surface area contributed by atoms with E-state index in [2.05, 4.69) is 25.3 Å². The second-order valence-electron chi connectivity index (χ2n) is 3.57. The number of aryl methyl sites for hydroxylation is 2. The van der Waals surface area contributed by atoms with E-state index in [-0.39, 0.29) is 6.04 Å². The molecule has 2 aromatic heterocycles. The zero-order chi connectivity index (χ0) is 10.8. The molecule has 2 aromatic rings. The van der Waals surface area contributed by atoms with E-state index in [0.29, 0.717) is 0 Å². The van der Waals surface area contributed by atoms with E-state index in [4.69, 9.17) is 10.2 Å². The van der Waals surface area contributed by atoms with Crippen molar-refractivity contribution in [3.05, 3.63) is 45.5 Å². The van der Waals surface area contributed by atoms with Gasteiger partial charge in [0.05, 0.1) is 6.04 Å². The van der Waals surface area contributed by atoms with Crippen LogP contribution in [-0.2, 0) is 6.42 Å². The number of furan rings is 1. The van der Waals surface area contributed by atoms with Gasteiger partial charge in [0.25, 0.3) is 0 Å². The molecule has 15 heavy (non-hydrogen) atoms. The Balaban J connectivity index is 2.28. The van der Waals surface area contributed by atoms with Crippen LogP contribution in [0.2, 0.25) is 0 Å². The molecule has 80 valence electrons. The Morgan fingerprint density at radius 3 is 2.73 bits per heavy atom. The van der Waals surface area contributed by atoms with Crippen LogP contribution in [0.5, 0.6) is 0 Å². The van der Waals surface area contributed by atoms with E-state index >= 15 is 0 Å². The zero-order valence-corrected chi connectivity index (χ0v) is 9.80. The number of hydrogen-bond acceptors (Lipinski definition) is 3. The van der Waals surface area contributed by atoms with Crippen LogP contribution in [0.4, 0.5) is 0 Å². The standard InChI is InChI=1S/C12H15NOS/c1-3-9-4-5-11(14-9)12(13)10-6-7-15-8(10)2/h4-7,12H,3,13H2,1-2H3. The average Bonchev–Trinajstić information content (AvgIpc) is 2.84. The molecular formula is C12H15NOS. The van der Waals surface area contributed by atoms with E-state index in [1.807, 2.05) is 12.1 Å². The van der Waals surface area contributed by atoms with Gasteiger partial charge < -0.3 is 10.2 Å². The quantitative estimate of drug-likeness (QED) is 0.864. The first-order valence-electron chi connectivity index (χ1n) is 5.10. The molecule has 2 N–H and O–H groups in total. The first-order chi connectivity index (χ1) is 7.22. The van der Waals surface area contributed by atoms with E-state index in [9.17, 15) is 0 Å². The zero-order valence-electron chi connectivity index (χ0n) is 8.99. The summed E-state index contributed by atoms with van der Waals surface area (Å²) in [5.74, 6) is 1.85. The van der Waals surface area contributed by atoms with Gasteiger partial charge in [-0.3, -0.25) is 0 Å². The molecule has 0 bridgehead atoms. The first kappa shape index (κ1) is 10.5. The molecule has 0 aliphatic carbocycles. The van der Waals surface area contributed by atoms with Gasteiger partial charge in [-0.1, -0.05) is 6.92 Å². The van der Waals surface area contributed by atoms with Gasteiger partial charge in [-0.15, -0.1) is 11.3 Å². The maximum Gasteiger partial charge on any atom is 0.125 e. The number of hydrogen-bond donors (Lipinski definition) is 1. The van der Waals surface area contributed by atoms with Gasteiger partial charge in [0.1, 0.15) is 11.5 Å². The number of rotatable bonds is 3. The van der Waals surface area contributed by atoms with E-state index < -0.39 is 0 Å². The molecular weight excluding hydrogens is 206 g/mol. The number of nitrogens with two attached hydrogens (primary N) is 1. The fourth-order valence-corrected chi connectivity index (χ4v) is 2.37. The predicted octanol–water partition coefficient (Wildman–Crippen LogP) is 3.26. The fourth-order valence-electron chi connectivity index (χ4n) is 1.62. The summed E-state index contributed by atoms with van der Waals surface area (Å²) < 4.78 is 5.65. The van der Waals surface area contributed by atoms with Crippen LogP contribution >= 0.6 is 11.3 Å². The van der Waals surface area contributed by atoms with Gasteiger partial charge in [-0.05, 0) is 36.1 Å². The Labute approximate surface area is 93.7 Å². The van der Waals surface area contributed by atoms with Crippen LogP contribution in [0.25, 0.3) is 0 Å². The Morgan fingerprint density at radius 2 is 2.20 bits per heavy atom. The normalized spacial score (nSPS) is 13.0. The third-order valence-electron chi connectivity index (χ3n) is 2.57. The van der Waals surface area contributed by atoms with Crippen molar-refractivity contribution in [2.75, 3.05) is 0 Å². The topological polar surface area (TPSA) is 39.2 Å². The van der Waals surface area contributed by atoms with Crippen LogP contribution in [0.3, 0.4) is 0 Å². The predicted molar refractivity (Wildman–Crippen MR) is 63.2 cm³/mol. The van der Waals surface area contributed by atoms with Crippen molar-refractivity contribution in [1.82, 2.24) is 0 Å². The molecule has 0 saturated carbocycles. The highest BCUT2D eigenvalue weighted by Crippen LogP contribution is 2.27. The highest BCUT2D eigenvalue weighted by Gasteiger charge is 2.15. The molecule has 2 heterocycles. The molecule has 0 radical (unpaired) electrons. The van der Waals surface area contributed by atoms with E-state index in [0.717, 1.165) is 23.5 Å². The summed E-state index contributed by atoms with van der Waals surface area (Å²) in [5, 5.41) is 2.06. The lowest BCUT2D eigenvalue weighted by molar-refractivity contribution is 0.454. The summed E-state index contributed by atoms with van der Waals surface area (Å²) in [7, 11) is 0. The largest absolute Gasteiger partial charge is 0.464 e. The molecule has 0 spiro atoms. The lowest BCUT2D eigenvalue weighted by Gasteiger charge is -2.08. The van der Waals surface area contributed by atoms with Gasteiger partial charge >= 0.3 is 0 Å². The summed E-state index contributed by atoms with van der Waals surface area (Å²) in [4.78, 5) is 1.26. The maximum atomic E-state index is 6.14. The molecule has 0 aliphatic rings. The van der Waals surface area contributed by atoms with Gasteiger partial charge in [0.15, 0.2) is 0 Å². The summed E-state index contributed by atoms with van der Waals surface area (Å²) in [6.07, 6.45) is 0.912. The first-order valence-corrected chi connectivity index (χ1v) is 5.98. The minimum absolute atomic E-state index is 0.128. The van der Waals surface area contributed by atoms with Gasteiger partial charge in [-0.25, -0.2) is 0 Å². The third kappa shape index (κ3) is 1.98. The second-order valence-corrected chi connectivity index (χ2v) is 4.69. The van der Waals surface area contributed by atoms with Crippen LogP contribution in [-0.4, -0.2) is 0 Å². The molecule has 2 nitrogen and oxygen atoms in total. The Morgan fingerprint density at radius 1 is 1.40 bits per heavy atom. The van der Waals surface area contributed by atoms with Gasteiger partial charge in [-0.2, -0.15) is 0 Å². The minimum Gasteiger partial charge on any atom is -0.464 e. The van der Waals surface area contributed by atoms with Crippen LogP contribution in [0.1, 0.15) is 34.9 Å². The van der Waals surface area contributed by atoms with Crippen LogP contribution in [0.15, 0.2) is 28.0 Å². The summed E-state index contributed by atoms with van der Waals surface area (Å²) in [6, 6.07) is 5.91.